The number of pyridine rings is 2. The molecule has 0 aliphatic rings. The van der Waals surface area contributed by atoms with Crippen LogP contribution in [0.15, 0.2) is 43.2 Å². The third-order valence-corrected chi connectivity index (χ3v) is 5.22. The molecule has 5 aromatic rings. The molecule has 5 aromatic heterocycles. The van der Waals surface area contributed by atoms with E-state index in [1.54, 1.807) is 36.7 Å². The Balaban J connectivity index is 1.56. The van der Waals surface area contributed by atoms with Gasteiger partial charge in [-0.05, 0) is 25.1 Å². The minimum atomic E-state index is 0.463. The van der Waals surface area contributed by atoms with E-state index in [4.69, 9.17) is 14.6 Å². The van der Waals surface area contributed by atoms with Crippen LogP contribution in [0.3, 0.4) is 0 Å². The summed E-state index contributed by atoms with van der Waals surface area (Å²) in [5.74, 6) is 1.33. The van der Waals surface area contributed by atoms with Crippen molar-refractivity contribution in [1.29, 1.82) is 0 Å². The van der Waals surface area contributed by atoms with Gasteiger partial charge in [-0.15, -0.1) is 10.2 Å². The number of aromatic nitrogens is 7. The Morgan fingerprint density at radius 1 is 1.17 bits per heavy atom. The van der Waals surface area contributed by atoms with E-state index >= 15 is 0 Å². The van der Waals surface area contributed by atoms with Crippen molar-refractivity contribution in [3.8, 4) is 23.0 Å². The molecule has 30 heavy (non-hydrogen) atoms. The zero-order chi connectivity index (χ0) is 20.7. The molecule has 0 spiro atoms. The van der Waals surface area contributed by atoms with Gasteiger partial charge in [0.1, 0.15) is 41.7 Å². The van der Waals surface area contributed by atoms with Crippen LogP contribution in [0.1, 0.15) is 5.56 Å². The van der Waals surface area contributed by atoms with Crippen LogP contribution < -0.4 is 9.47 Å². The average Bonchev–Trinajstić information content (AvgIpc) is 3.47. The summed E-state index contributed by atoms with van der Waals surface area (Å²) < 4.78 is 17.2. The first-order valence-corrected chi connectivity index (χ1v) is 9.50. The maximum absolute atomic E-state index is 5.99. The highest BCUT2D eigenvalue weighted by Gasteiger charge is 2.20. The van der Waals surface area contributed by atoms with Gasteiger partial charge in [0.25, 0.3) is 0 Å². The lowest BCUT2D eigenvalue weighted by atomic mass is 10.1. The summed E-state index contributed by atoms with van der Waals surface area (Å²) in [6.45, 7) is 3.15. The van der Waals surface area contributed by atoms with E-state index in [2.05, 4.69) is 31.9 Å². The predicted molar refractivity (Wildman–Crippen MR) is 111 cm³/mol. The highest BCUT2D eigenvalue weighted by molar-refractivity contribution is 5.91. The van der Waals surface area contributed by atoms with Gasteiger partial charge in [0.15, 0.2) is 0 Å². The van der Waals surface area contributed by atoms with Gasteiger partial charge in [-0.2, -0.15) is 5.10 Å². The van der Waals surface area contributed by atoms with Crippen molar-refractivity contribution in [3.63, 3.8) is 0 Å². The second-order valence-corrected chi connectivity index (χ2v) is 6.97. The summed E-state index contributed by atoms with van der Waals surface area (Å²) in [5.41, 5.74) is 4.74. The van der Waals surface area contributed by atoms with Gasteiger partial charge >= 0.3 is 0 Å². The fraction of sp³-hybridized carbons (Fsp3) is 0.238. The van der Waals surface area contributed by atoms with Gasteiger partial charge in [-0.25, -0.2) is 9.50 Å². The Labute approximate surface area is 172 Å². The minimum absolute atomic E-state index is 0.463. The number of hydrogen-bond acceptors (Lipinski definition) is 6. The van der Waals surface area contributed by atoms with E-state index < -0.39 is 0 Å². The molecule has 0 N–H and O–H groups in total. The van der Waals surface area contributed by atoms with Crippen molar-refractivity contribution in [3.05, 3.63) is 54.9 Å². The minimum Gasteiger partial charge on any atom is -0.494 e. The van der Waals surface area contributed by atoms with Crippen molar-refractivity contribution in [2.75, 3.05) is 13.7 Å². The molecule has 1 radical (unpaired) electrons. The average molecular weight is 402 g/mol. The van der Waals surface area contributed by atoms with Crippen molar-refractivity contribution >= 4 is 16.4 Å². The Morgan fingerprint density at radius 2 is 2.00 bits per heavy atom. The van der Waals surface area contributed by atoms with Crippen LogP contribution in [0.5, 0.6) is 11.6 Å². The summed E-state index contributed by atoms with van der Waals surface area (Å²) >= 11 is 0. The van der Waals surface area contributed by atoms with E-state index in [0.717, 1.165) is 39.1 Å². The summed E-state index contributed by atoms with van der Waals surface area (Å²) in [4.78, 5) is 4.45. The summed E-state index contributed by atoms with van der Waals surface area (Å²) in [5, 5.41) is 13.4. The first-order valence-electron chi connectivity index (χ1n) is 9.50. The standard InChI is InChI=1S/C21H20N7O2/c1-14-18(25-28-8-4-5-17(29-3)19(14)28)16-11-15-6-7-22-21(20(15)26(16)2)30-10-9-27-12-23-24-13-27/h5-8,11-13H,9-10H2,1-3H3. The smallest absolute Gasteiger partial charge is 0.238 e. The lowest BCUT2D eigenvalue weighted by Crippen LogP contribution is -2.08. The number of hydrogen-bond donors (Lipinski definition) is 0. The molecule has 5 heterocycles. The molecule has 0 unspecified atom stereocenters. The van der Waals surface area contributed by atoms with E-state index in [1.807, 2.05) is 30.7 Å². The monoisotopic (exact) mass is 402 g/mol. The molecule has 0 aromatic carbocycles. The molecule has 0 atom stereocenters. The number of rotatable bonds is 6. The van der Waals surface area contributed by atoms with Crippen molar-refractivity contribution in [2.45, 2.75) is 13.5 Å². The molecular formula is C21H20N7O2. The normalized spacial score (nSPS) is 11.4. The Bertz CT molecular complexity index is 1330. The molecule has 0 aliphatic heterocycles. The number of aryl methyl sites for hydroxylation is 2. The lowest BCUT2D eigenvalue weighted by Gasteiger charge is -2.09. The van der Waals surface area contributed by atoms with Gasteiger partial charge in [0.05, 0.1) is 19.3 Å². The molecule has 151 valence electrons. The molecule has 9 heteroatoms. The van der Waals surface area contributed by atoms with Gasteiger partial charge < -0.3 is 18.6 Å². The van der Waals surface area contributed by atoms with E-state index in [9.17, 15) is 0 Å². The van der Waals surface area contributed by atoms with Crippen LogP contribution in [0.2, 0.25) is 0 Å². The summed E-state index contributed by atoms with van der Waals surface area (Å²) in [7, 11) is 3.65. The van der Waals surface area contributed by atoms with Crippen LogP contribution in [-0.4, -0.2) is 47.6 Å². The van der Waals surface area contributed by atoms with E-state index in [-0.39, 0.29) is 0 Å². The molecule has 0 saturated heterocycles. The van der Waals surface area contributed by atoms with E-state index in [1.165, 1.54) is 0 Å². The molecule has 0 aliphatic carbocycles. The van der Waals surface area contributed by atoms with Gasteiger partial charge in [-0.1, -0.05) is 0 Å². The predicted octanol–water partition coefficient (Wildman–Crippen LogP) is 2.68. The molecule has 0 fully saturated rings. The molecule has 0 saturated carbocycles. The maximum Gasteiger partial charge on any atom is 0.238 e. The number of methoxy groups -OCH3 is 1. The molecule has 0 amide bonds. The molecule has 0 bridgehead atoms. The molecule has 5 rings (SSSR count). The SMILES string of the molecule is COc1c[c]cn2nc(-c3cc4ccnc(OCCn5cnnc5)c4n3C)c(C)c12. The fourth-order valence-electron chi connectivity index (χ4n) is 3.74. The largest absolute Gasteiger partial charge is 0.494 e. The van der Waals surface area contributed by atoms with Crippen LogP contribution >= 0.6 is 0 Å². The Kier molecular flexibility index (Phi) is 4.35. The topological polar surface area (TPSA) is 84.3 Å². The first-order chi connectivity index (χ1) is 14.7. The highest BCUT2D eigenvalue weighted by atomic mass is 16.5. The van der Waals surface area contributed by atoms with Crippen LogP contribution in [0.4, 0.5) is 0 Å². The first kappa shape index (κ1) is 18.2. The van der Waals surface area contributed by atoms with Gasteiger partial charge in [0.2, 0.25) is 5.88 Å². The van der Waals surface area contributed by atoms with Crippen LogP contribution in [-0.2, 0) is 13.6 Å². The third kappa shape index (κ3) is 2.86. The zero-order valence-corrected chi connectivity index (χ0v) is 16.9. The van der Waals surface area contributed by atoms with Crippen LogP contribution in [0.25, 0.3) is 27.8 Å². The highest BCUT2D eigenvalue weighted by Crippen LogP contribution is 2.35. The Hall–Kier alpha value is -3.88. The fourth-order valence-corrected chi connectivity index (χ4v) is 3.74. The third-order valence-electron chi connectivity index (χ3n) is 5.22. The van der Waals surface area contributed by atoms with Crippen molar-refractivity contribution in [2.24, 2.45) is 7.05 Å². The van der Waals surface area contributed by atoms with Crippen LogP contribution in [0, 0.1) is 13.0 Å². The summed E-state index contributed by atoms with van der Waals surface area (Å²) in [6.07, 6.45) is 6.89. The summed E-state index contributed by atoms with van der Waals surface area (Å²) in [6, 6.07) is 8.96. The number of nitrogens with zero attached hydrogens (tertiary/aromatic N) is 7. The number of ether oxygens (including phenoxy) is 2. The number of fused-ring (bicyclic) bond motifs is 2. The van der Waals surface area contributed by atoms with Gasteiger partial charge in [-0.3, -0.25) is 0 Å². The van der Waals surface area contributed by atoms with Gasteiger partial charge in [0, 0.05) is 36.5 Å². The second kappa shape index (κ2) is 7.18. The quantitative estimate of drug-likeness (QED) is 0.434. The van der Waals surface area contributed by atoms with Crippen molar-refractivity contribution in [1.82, 2.24) is 33.9 Å². The molecule has 9 nitrogen and oxygen atoms in total. The van der Waals surface area contributed by atoms with Crippen molar-refractivity contribution < 1.29 is 9.47 Å². The maximum atomic E-state index is 5.99. The Morgan fingerprint density at radius 3 is 2.80 bits per heavy atom. The second-order valence-electron chi connectivity index (χ2n) is 6.97. The zero-order valence-electron chi connectivity index (χ0n) is 16.9. The van der Waals surface area contributed by atoms with E-state index in [0.29, 0.717) is 19.0 Å². The lowest BCUT2D eigenvalue weighted by molar-refractivity contribution is 0.290. The molecular weight excluding hydrogens is 382 g/mol.